The van der Waals surface area contributed by atoms with E-state index in [4.69, 9.17) is 0 Å². The Bertz CT molecular complexity index is 314. The highest BCUT2D eigenvalue weighted by Crippen LogP contribution is 2.34. The summed E-state index contributed by atoms with van der Waals surface area (Å²) in [5, 5.41) is 3.64. The van der Waals surface area contributed by atoms with Gasteiger partial charge in [-0.15, -0.1) is 11.3 Å². The van der Waals surface area contributed by atoms with Gasteiger partial charge in [0.2, 0.25) is 0 Å². The SMILES string of the molecule is CCNC(Cc1ccc(CC)s1)CC1CC1. The molecule has 1 unspecified atom stereocenters. The van der Waals surface area contributed by atoms with E-state index in [2.05, 4.69) is 31.3 Å². The Labute approximate surface area is 103 Å². The third-order valence-corrected chi connectivity index (χ3v) is 4.57. The van der Waals surface area contributed by atoms with Gasteiger partial charge in [-0.05, 0) is 43.9 Å². The monoisotopic (exact) mass is 237 g/mol. The second kappa shape index (κ2) is 5.83. The Morgan fingerprint density at radius 1 is 1.31 bits per heavy atom. The first-order valence-electron chi connectivity index (χ1n) is 6.62. The minimum atomic E-state index is 0.709. The molecule has 1 aliphatic rings. The summed E-state index contributed by atoms with van der Waals surface area (Å²) in [6, 6.07) is 5.32. The first-order valence-corrected chi connectivity index (χ1v) is 7.44. The lowest BCUT2D eigenvalue weighted by Crippen LogP contribution is -2.31. The van der Waals surface area contributed by atoms with E-state index in [-0.39, 0.29) is 0 Å². The van der Waals surface area contributed by atoms with Crippen LogP contribution in [-0.4, -0.2) is 12.6 Å². The second-order valence-corrected chi connectivity index (χ2v) is 6.11. The predicted molar refractivity (Wildman–Crippen MR) is 72.2 cm³/mol. The molecule has 1 saturated carbocycles. The maximum absolute atomic E-state index is 3.64. The van der Waals surface area contributed by atoms with Gasteiger partial charge < -0.3 is 5.32 Å². The molecule has 1 aromatic rings. The molecular formula is C14H23NS. The summed E-state index contributed by atoms with van der Waals surface area (Å²) in [7, 11) is 0. The van der Waals surface area contributed by atoms with E-state index in [0.29, 0.717) is 6.04 Å². The molecule has 0 saturated heterocycles. The van der Waals surface area contributed by atoms with Gasteiger partial charge in [-0.2, -0.15) is 0 Å². The fourth-order valence-electron chi connectivity index (χ4n) is 2.25. The van der Waals surface area contributed by atoms with Crippen molar-refractivity contribution in [2.24, 2.45) is 5.92 Å². The normalized spacial score (nSPS) is 17.6. The van der Waals surface area contributed by atoms with Crippen molar-refractivity contribution < 1.29 is 0 Å². The number of rotatable bonds is 7. The number of nitrogens with one attached hydrogen (secondary N) is 1. The lowest BCUT2D eigenvalue weighted by Gasteiger charge is -2.16. The van der Waals surface area contributed by atoms with E-state index in [1.165, 1.54) is 37.0 Å². The fourth-order valence-corrected chi connectivity index (χ4v) is 3.29. The van der Waals surface area contributed by atoms with Crippen LogP contribution in [-0.2, 0) is 12.8 Å². The van der Waals surface area contributed by atoms with Crippen LogP contribution in [0.1, 0.15) is 42.9 Å². The molecule has 1 N–H and O–H groups in total. The fraction of sp³-hybridized carbons (Fsp3) is 0.714. The highest BCUT2D eigenvalue weighted by atomic mass is 32.1. The standard InChI is InChI=1S/C14H23NS/c1-3-13-7-8-14(16-13)10-12(15-4-2)9-11-5-6-11/h7-8,11-12,15H,3-6,9-10H2,1-2H3. The molecule has 0 bridgehead atoms. The third-order valence-electron chi connectivity index (χ3n) is 3.32. The molecule has 0 spiro atoms. The van der Waals surface area contributed by atoms with Crippen LogP contribution in [0.3, 0.4) is 0 Å². The van der Waals surface area contributed by atoms with E-state index in [1.807, 2.05) is 11.3 Å². The molecule has 2 heteroatoms. The quantitative estimate of drug-likeness (QED) is 0.763. The average Bonchev–Trinajstić information content (AvgIpc) is 2.96. The number of thiophene rings is 1. The topological polar surface area (TPSA) is 12.0 Å². The zero-order chi connectivity index (χ0) is 11.4. The van der Waals surface area contributed by atoms with Gasteiger partial charge in [-0.3, -0.25) is 0 Å². The molecular weight excluding hydrogens is 214 g/mol. The van der Waals surface area contributed by atoms with Crippen LogP contribution in [0.5, 0.6) is 0 Å². The van der Waals surface area contributed by atoms with Crippen LogP contribution in [0.4, 0.5) is 0 Å². The van der Waals surface area contributed by atoms with Crippen molar-refractivity contribution >= 4 is 11.3 Å². The minimum absolute atomic E-state index is 0.709. The van der Waals surface area contributed by atoms with Gasteiger partial charge in [0.05, 0.1) is 0 Å². The third kappa shape index (κ3) is 3.60. The van der Waals surface area contributed by atoms with Crippen molar-refractivity contribution in [1.29, 1.82) is 0 Å². The summed E-state index contributed by atoms with van der Waals surface area (Å²) in [5.41, 5.74) is 0. The maximum Gasteiger partial charge on any atom is 0.0118 e. The molecule has 1 aromatic heterocycles. The van der Waals surface area contributed by atoms with Crippen LogP contribution >= 0.6 is 11.3 Å². The van der Waals surface area contributed by atoms with Crippen molar-refractivity contribution in [3.8, 4) is 0 Å². The molecule has 90 valence electrons. The molecule has 0 aromatic carbocycles. The smallest absolute Gasteiger partial charge is 0.0118 e. The highest BCUT2D eigenvalue weighted by molar-refractivity contribution is 7.11. The molecule has 0 radical (unpaired) electrons. The van der Waals surface area contributed by atoms with Gasteiger partial charge in [0.15, 0.2) is 0 Å². The molecule has 2 rings (SSSR count). The minimum Gasteiger partial charge on any atom is -0.314 e. The van der Waals surface area contributed by atoms with Gasteiger partial charge >= 0.3 is 0 Å². The molecule has 1 fully saturated rings. The van der Waals surface area contributed by atoms with E-state index in [9.17, 15) is 0 Å². The molecule has 1 nitrogen and oxygen atoms in total. The van der Waals surface area contributed by atoms with Crippen LogP contribution in [0.25, 0.3) is 0 Å². The number of hydrogen-bond acceptors (Lipinski definition) is 2. The zero-order valence-electron chi connectivity index (χ0n) is 10.5. The summed E-state index contributed by atoms with van der Waals surface area (Å²) < 4.78 is 0. The van der Waals surface area contributed by atoms with Crippen molar-refractivity contribution in [3.05, 3.63) is 21.9 Å². The van der Waals surface area contributed by atoms with Gasteiger partial charge in [0.1, 0.15) is 0 Å². The predicted octanol–water partition coefficient (Wildman–Crippen LogP) is 3.63. The van der Waals surface area contributed by atoms with Gasteiger partial charge in [0, 0.05) is 15.8 Å². The lowest BCUT2D eigenvalue weighted by atomic mass is 10.1. The highest BCUT2D eigenvalue weighted by Gasteiger charge is 2.25. The molecule has 0 aliphatic heterocycles. The number of aryl methyl sites for hydroxylation is 1. The van der Waals surface area contributed by atoms with Gasteiger partial charge in [-0.25, -0.2) is 0 Å². The number of likely N-dealkylation sites (N-methyl/N-ethyl adjacent to an activating group) is 1. The van der Waals surface area contributed by atoms with E-state index < -0.39 is 0 Å². The van der Waals surface area contributed by atoms with E-state index in [1.54, 1.807) is 4.88 Å². The molecule has 1 atom stereocenters. The summed E-state index contributed by atoms with van der Waals surface area (Å²) in [6.45, 7) is 5.55. The number of hydrogen-bond donors (Lipinski definition) is 1. The van der Waals surface area contributed by atoms with Crippen molar-refractivity contribution in [1.82, 2.24) is 5.32 Å². The molecule has 0 amide bonds. The van der Waals surface area contributed by atoms with Gasteiger partial charge in [0.25, 0.3) is 0 Å². The van der Waals surface area contributed by atoms with Crippen molar-refractivity contribution in [3.63, 3.8) is 0 Å². The van der Waals surface area contributed by atoms with Crippen molar-refractivity contribution in [2.75, 3.05) is 6.54 Å². The van der Waals surface area contributed by atoms with Crippen molar-refractivity contribution in [2.45, 2.75) is 52.0 Å². The van der Waals surface area contributed by atoms with Crippen LogP contribution in [0.2, 0.25) is 0 Å². The second-order valence-electron chi connectivity index (χ2n) is 4.86. The zero-order valence-corrected chi connectivity index (χ0v) is 11.3. The first-order chi connectivity index (χ1) is 7.81. The summed E-state index contributed by atoms with van der Waals surface area (Å²) in [4.78, 5) is 3.08. The summed E-state index contributed by atoms with van der Waals surface area (Å²) in [5.74, 6) is 1.02. The Morgan fingerprint density at radius 3 is 2.62 bits per heavy atom. The Morgan fingerprint density at radius 2 is 2.06 bits per heavy atom. The van der Waals surface area contributed by atoms with E-state index in [0.717, 1.165) is 12.5 Å². The van der Waals surface area contributed by atoms with Crippen LogP contribution in [0.15, 0.2) is 12.1 Å². The van der Waals surface area contributed by atoms with E-state index >= 15 is 0 Å². The molecule has 1 aliphatic carbocycles. The Hall–Kier alpha value is -0.340. The Balaban J connectivity index is 1.87. The first kappa shape index (κ1) is 12.1. The average molecular weight is 237 g/mol. The summed E-state index contributed by atoms with van der Waals surface area (Å²) >= 11 is 1.99. The Kier molecular flexibility index (Phi) is 4.42. The van der Waals surface area contributed by atoms with Crippen LogP contribution in [0, 0.1) is 5.92 Å². The molecule has 16 heavy (non-hydrogen) atoms. The lowest BCUT2D eigenvalue weighted by molar-refractivity contribution is 0.468. The van der Waals surface area contributed by atoms with Gasteiger partial charge in [-0.1, -0.05) is 26.7 Å². The maximum atomic E-state index is 3.64. The largest absolute Gasteiger partial charge is 0.314 e. The summed E-state index contributed by atoms with van der Waals surface area (Å²) in [6.07, 6.45) is 6.72. The van der Waals surface area contributed by atoms with Crippen LogP contribution < -0.4 is 5.32 Å². The molecule has 1 heterocycles.